The minimum absolute atomic E-state index is 0.274. The van der Waals surface area contributed by atoms with Crippen molar-refractivity contribution in [1.29, 1.82) is 5.26 Å². The SMILES string of the molecule is CC1C(=O)N(c2cc(C#N)ccc2Cl)C(=O)C1C. The number of carbonyl (C=O) groups excluding carboxylic acids is 2. The van der Waals surface area contributed by atoms with Crippen LogP contribution in [0.5, 0.6) is 0 Å². The van der Waals surface area contributed by atoms with Crippen LogP contribution in [0.4, 0.5) is 5.69 Å². The van der Waals surface area contributed by atoms with E-state index in [1.165, 1.54) is 12.1 Å². The fourth-order valence-corrected chi connectivity index (χ4v) is 2.14. The Bertz CT molecular complexity index is 557. The van der Waals surface area contributed by atoms with Gasteiger partial charge in [-0.2, -0.15) is 5.26 Å². The zero-order valence-electron chi connectivity index (χ0n) is 9.98. The second-order valence-corrected chi connectivity index (χ2v) is 4.77. The molecule has 2 atom stereocenters. The van der Waals surface area contributed by atoms with E-state index in [0.29, 0.717) is 11.3 Å². The first-order valence-electron chi connectivity index (χ1n) is 5.55. The molecule has 2 unspecified atom stereocenters. The van der Waals surface area contributed by atoms with E-state index >= 15 is 0 Å². The molecule has 1 aromatic rings. The first-order chi connectivity index (χ1) is 8.47. The van der Waals surface area contributed by atoms with Crippen LogP contribution in [0.15, 0.2) is 18.2 Å². The zero-order valence-corrected chi connectivity index (χ0v) is 10.7. The van der Waals surface area contributed by atoms with Gasteiger partial charge in [0.15, 0.2) is 0 Å². The molecule has 1 aromatic carbocycles. The number of hydrogen-bond donors (Lipinski definition) is 0. The molecule has 2 rings (SSSR count). The summed E-state index contributed by atoms with van der Waals surface area (Å²) < 4.78 is 0. The summed E-state index contributed by atoms with van der Waals surface area (Å²) in [4.78, 5) is 25.2. The lowest BCUT2D eigenvalue weighted by Crippen LogP contribution is -2.30. The van der Waals surface area contributed by atoms with Crippen molar-refractivity contribution < 1.29 is 9.59 Å². The number of hydrogen-bond acceptors (Lipinski definition) is 3. The van der Waals surface area contributed by atoms with Crippen molar-refractivity contribution in [1.82, 2.24) is 0 Å². The molecule has 0 radical (unpaired) electrons. The Morgan fingerprint density at radius 1 is 1.22 bits per heavy atom. The van der Waals surface area contributed by atoms with Gasteiger partial charge in [0.2, 0.25) is 11.8 Å². The molecule has 0 N–H and O–H groups in total. The Kier molecular flexibility index (Phi) is 3.10. The fraction of sp³-hybridized carbons (Fsp3) is 0.308. The summed E-state index contributed by atoms with van der Waals surface area (Å²) in [5, 5.41) is 9.14. The molecule has 1 heterocycles. The number of nitriles is 1. The van der Waals surface area contributed by atoms with Gasteiger partial charge < -0.3 is 0 Å². The molecule has 2 amide bonds. The predicted octanol–water partition coefficient (Wildman–Crippen LogP) is 2.36. The van der Waals surface area contributed by atoms with E-state index in [0.717, 1.165) is 4.90 Å². The lowest BCUT2D eigenvalue weighted by molar-refractivity contribution is -0.122. The molecule has 0 saturated carbocycles. The topological polar surface area (TPSA) is 61.2 Å². The van der Waals surface area contributed by atoms with Crippen LogP contribution >= 0.6 is 11.6 Å². The van der Waals surface area contributed by atoms with E-state index in [4.69, 9.17) is 16.9 Å². The molecule has 5 heteroatoms. The molecule has 4 nitrogen and oxygen atoms in total. The van der Waals surface area contributed by atoms with Crippen molar-refractivity contribution in [3.8, 4) is 6.07 Å². The lowest BCUT2D eigenvalue weighted by atomic mass is 10.00. The normalized spacial score (nSPS) is 23.3. The molecule has 1 aliphatic heterocycles. The molecule has 0 aliphatic carbocycles. The van der Waals surface area contributed by atoms with E-state index in [9.17, 15) is 9.59 Å². The van der Waals surface area contributed by atoms with Crippen molar-refractivity contribution in [3.05, 3.63) is 28.8 Å². The van der Waals surface area contributed by atoms with Gasteiger partial charge in [0, 0.05) is 11.8 Å². The van der Waals surface area contributed by atoms with E-state index in [1.807, 2.05) is 6.07 Å². The van der Waals surface area contributed by atoms with Crippen LogP contribution in [-0.4, -0.2) is 11.8 Å². The molecule has 0 bridgehead atoms. The quantitative estimate of drug-likeness (QED) is 0.730. The molecule has 92 valence electrons. The molecular formula is C13H11ClN2O2. The third-order valence-electron chi connectivity index (χ3n) is 3.29. The maximum absolute atomic E-state index is 12.0. The van der Waals surface area contributed by atoms with Crippen LogP contribution in [0.2, 0.25) is 5.02 Å². The summed E-state index contributed by atoms with van der Waals surface area (Å²) in [6, 6.07) is 6.49. The summed E-state index contributed by atoms with van der Waals surface area (Å²) in [5.74, 6) is -1.27. The van der Waals surface area contributed by atoms with Crippen molar-refractivity contribution in [2.24, 2.45) is 11.8 Å². The van der Waals surface area contributed by atoms with Crippen LogP contribution in [0.1, 0.15) is 19.4 Å². The minimum Gasteiger partial charge on any atom is -0.274 e. The maximum Gasteiger partial charge on any atom is 0.237 e. The van der Waals surface area contributed by atoms with Gasteiger partial charge in [-0.05, 0) is 18.2 Å². The summed E-state index contributed by atoms with van der Waals surface area (Å²) in [7, 11) is 0. The van der Waals surface area contributed by atoms with Gasteiger partial charge in [0.1, 0.15) is 0 Å². The second kappa shape index (κ2) is 4.43. The molecular weight excluding hydrogens is 252 g/mol. The van der Waals surface area contributed by atoms with Crippen molar-refractivity contribution in [3.63, 3.8) is 0 Å². The van der Waals surface area contributed by atoms with Crippen LogP contribution < -0.4 is 4.90 Å². The molecule has 1 aliphatic rings. The Morgan fingerprint density at radius 2 is 1.78 bits per heavy atom. The molecule has 1 fully saturated rings. The average Bonchev–Trinajstić information content (AvgIpc) is 2.55. The highest BCUT2D eigenvalue weighted by atomic mass is 35.5. The maximum atomic E-state index is 12.0. The third kappa shape index (κ3) is 1.77. The predicted molar refractivity (Wildman–Crippen MR) is 67.0 cm³/mol. The molecule has 1 saturated heterocycles. The summed E-state index contributed by atoms with van der Waals surface area (Å²) in [6.07, 6.45) is 0. The summed E-state index contributed by atoms with van der Waals surface area (Å²) in [5.41, 5.74) is 0.657. The Labute approximate surface area is 110 Å². The van der Waals surface area contributed by atoms with Crippen LogP contribution in [0.25, 0.3) is 0 Å². The highest BCUT2D eigenvalue weighted by molar-refractivity contribution is 6.36. The molecule has 0 spiro atoms. The number of halogens is 1. The van der Waals surface area contributed by atoms with Gasteiger partial charge >= 0.3 is 0 Å². The summed E-state index contributed by atoms with van der Waals surface area (Å²) >= 11 is 6.00. The van der Waals surface area contributed by atoms with E-state index in [1.54, 1.807) is 19.9 Å². The Morgan fingerprint density at radius 3 is 2.28 bits per heavy atom. The number of imide groups is 1. The van der Waals surface area contributed by atoms with Crippen LogP contribution in [-0.2, 0) is 9.59 Å². The average molecular weight is 263 g/mol. The van der Waals surface area contributed by atoms with Crippen LogP contribution in [0.3, 0.4) is 0 Å². The first kappa shape index (κ1) is 12.6. The Hall–Kier alpha value is -1.86. The highest BCUT2D eigenvalue weighted by Gasteiger charge is 2.43. The van der Waals surface area contributed by atoms with Gasteiger partial charge in [-0.1, -0.05) is 25.4 Å². The van der Waals surface area contributed by atoms with Gasteiger partial charge in [0.25, 0.3) is 0 Å². The van der Waals surface area contributed by atoms with Crippen LogP contribution in [0, 0.1) is 23.2 Å². The smallest absolute Gasteiger partial charge is 0.237 e. The highest BCUT2D eigenvalue weighted by Crippen LogP contribution is 2.35. The largest absolute Gasteiger partial charge is 0.274 e. The van der Waals surface area contributed by atoms with E-state index < -0.39 is 0 Å². The number of nitrogens with zero attached hydrogens (tertiary/aromatic N) is 2. The van der Waals surface area contributed by atoms with E-state index in [2.05, 4.69) is 0 Å². The first-order valence-corrected chi connectivity index (χ1v) is 5.92. The number of carbonyl (C=O) groups is 2. The number of benzene rings is 1. The number of anilines is 1. The van der Waals surface area contributed by atoms with Crippen molar-refractivity contribution in [2.45, 2.75) is 13.8 Å². The lowest BCUT2D eigenvalue weighted by Gasteiger charge is -2.16. The monoisotopic (exact) mass is 262 g/mol. The standard InChI is InChI=1S/C13H11ClN2O2/c1-7-8(2)13(18)16(12(7)17)11-5-9(6-15)3-4-10(11)14/h3-5,7-8H,1-2H3. The van der Waals surface area contributed by atoms with Gasteiger partial charge in [-0.15, -0.1) is 0 Å². The summed E-state index contributed by atoms with van der Waals surface area (Å²) in [6.45, 7) is 3.43. The van der Waals surface area contributed by atoms with Gasteiger partial charge in [-0.25, -0.2) is 4.90 Å². The minimum atomic E-state index is -0.362. The van der Waals surface area contributed by atoms with E-state index in [-0.39, 0.29) is 28.7 Å². The van der Waals surface area contributed by atoms with Crippen molar-refractivity contribution >= 4 is 29.1 Å². The zero-order chi connectivity index (χ0) is 13.4. The molecule has 18 heavy (non-hydrogen) atoms. The second-order valence-electron chi connectivity index (χ2n) is 4.37. The molecule has 0 aromatic heterocycles. The van der Waals surface area contributed by atoms with Gasteiger partial charge in [0.05, 0.1) is 22.3 Å². The number of rotatable bonds is 1. The number of amides is 2. The van der Waals surface area contributed by atoms with Crippen molar-refractivity contribution in [2.75, 3.05) is 4.90 Å². The Balaban J connectivity index is 2.53. The fourth-order valence-electron chi connectivity index (χ4n) is 1.93. The van der Waals surface area contributed by atoms with Gasteiger partial charge in [-0.3, -0.25) is 9.59 Å². The third-order valence-corrected chi connectivity index (χ3v) is 3.61.